The van der Waals surface area contributed by atoms with Gasteiger partial charge in [0.25, 0.3) is 0 Å². The van der Waals surface area contributed by atoms with Gasteiger partial charge in [0.2, 0.25) is 5.91 Å². The van der Waals surface area contributed by atoms with Crippen molar-refractivity contribution in [1.82, 2.24) is 5.32 Å². The van der Waals surface area contributed by atoms with Crippen LogP contribution in [0.25, 0.3) is 0 Å². The molecule has 4 aliphatic rings. The summed E-state index contributed by atoms with van der Waals surface area (Å²) >= 11 is 0. The van der Waals surface area contributed by atoms with Gasteiger partial charge in [-0.3, -0.25) is 4.79 Å². The fourth-order valence-corrected chi connectivity index (χ4v) is 8.60. The van der Waals surface area contributed by atoms with Gasteiger partial charge in [-0.2, -0.15) is 0 Å². The van der Waals surface area contributed by atoms with Crippen molar-refractivity contribution >= 4 is 5.91 Å². The van der Waals surface area contributed by atoms with Gasteiger partial charge in [0.15, 0.2) is 0 Å². The van der Waals surface area contributed by atoms with Crippen LogP contribution in [0.1, 0.15) is 78.6 Å². The van der Waals surface area contributed by atoms with Crippen LogP contribution in [0.4, 0.5) is 0 Å². The van der Waals surface area contributed by atoms with Gasteiger partial charge in [0.1, 0.15) is 0 Å². The molecule has 2 N–H and O–H groups in total. The van der Waals surface area contributed by atoms with E-state index in [1.807, 2.05) is 6.08 Å². The van der Waals surface area contributed by atoms with E-state index >= 15 is 0 Å². The van der Waals surface area contributed by atoms with Crippen LogP contribution in [0.5, 0.6) is 0 Å². The maximum absolute atomic E-state index is 12.3. The van der Waals surface area contributed by atoms with Gasteiger partial charge in [-0.05, 0) is 105 Å². The predicted octanol–water partition coefficient (Wildman–Crippen LogP) is 5.56. The fraction of sp³-hybridized carbons (Fsp3) is 0.741. The molecule has 30 heavy (non-hydrogen) atoms. The van der Waals surface area contributed by atoms with Gasteiger partial charge >= 0.3 is 0 Å². The maximum atomic E-state index is 12.3. The van der Waals surface area contributed by atoms with Crippen molar-refractivity contribution in [3.05, 3.63) is 37.0 Å². The third kappa shape index (κ3) is 3.23. The molecule has 4 rings (SSSR count). The van der Waals surface area contributed by atoms with E-state index in [1.165, 1.54) is 43.8 Å². The topological polar surface area (TPSA) is 49.3 Å². The second-order valence-electron chi connectivity index (χ2n) is 11.4. The van der Waals surface area contributed by atoms with E-state index in [-0.39, 0.29) is 28.4 Å². The van der Waals surface area contributed by atoms with Gasteiger partial charge in [-0.25, -0.2) is 0 Å². The third-order valence-corrected chi connectivity index (χ3v) is 10.0. The van der Waals surface area contributed by atoms with Crippen molar-refractivity contribution in [2.45, 2.75) is 90.2 Å². The highest BCUT2D eigenvalue weighted by atomic mass is 16.3. The number of allylic oxidation sites excluding steroid dienone is 1. The Labute approximate surface area is 183 Å². The molecule has 0 radical (unpaired) electrons. The van der Waals surface area contributed by atoms with Crippen LogP contribution in [0.2, 0.25) is 0 Å². The summed E-state index contributed by atoms with van der Waals surface area (Å²) in [6.07, 6.45) is 15.6. The van der Waals surface area contributed by atoms with Gasteiger partial charge in [-0.1, -0.05) is 38.2 Å². The van der Waals surface area contributed by atoms with Crippen molar-refractivity contribution in [3.8, 4) is 0 Å². The van der Waals surface area contributed by atoms with Crippen LogP contribution in [0.15, 0.2) is 37.0 Å². The van der Waals surface area contributed by atoms with E-state index in [2.05, 4.69) is 45.3 Å². The fourth-order valence-electron chi connectivity index (χ4n) is 8.60. The number of carbonyl (C=O) groups is 1. The molecule has 0 unspecified atom stereocenters. The Morgan fingerprint density at radius 2 is 2.00 bits per heavy atom. The molecular formula is C27H41NO2. The number of hydrogen-bond acceptors (Lipinski definition) is 2. The third-order valence-electron chi connectivity index (χ3n) is 10.0. The Hall–Kier alpha value is -1.35. The average molecular weight is 412 g/mol. The van der Waals surface area contributed by atoms with E-state index < -0.39 is 0 Å². The van der Waals surface area contributed by atoms with Crippen molar-refractivity contribution in [1.29, 1.82) is 0 Å². The number of nitrogens with one attached hydrogen (secondary N) is 1. The lowest BCUT2D eigenvalue weighted by atomic mass is 9.46. The number of rotatable bonds is 5. The summed E-state index contributed by atoms with van der Waals surface area (Å²) in [6.45, 7) is 14.9. The van der Waals surface area contributed by atoms with Crippen molar-refractivity contribution in [2.24, 2.45) is 34.5 Å². The number of aliphatic hydroxyl groups is 1. The highest BCUT2D eigenvalue weighted by Gasteiger charge is 2.61. The lowest BCUT2D eigenvalue weighted by Gasteiger charge is -2.59. The van der Waals surface area contributed by atoms with Gasteiger partial charge < -0.3 is 10.4 Å². The first-order chi connectivity index (χ1) is 14.2. The number of fused-ring (bicyclic) bond motifs is 5. The van der Waals surface area contributed by atoms with Gasteiger partial charge in [0, 0.05) is 5.54 Å². The van der Waals surface area contributed by atoms with Crippen molar-refractivity contribution < 1.29 is 9.90 Å². The minimum absolute atomic E-state index is 0.0707. The Bertz CT molecular complexity index is 756. The van der Waals surface area contributed by atoms with E-state index in [1.54, 1.807) is 0 Å². The molecule has 3 heteroatoms. The number of aliphatic hydroxyl groups excluding tert-OH is 1. The van der Waals surface area contributed by atoms with Crippen LogP contribution in [-0.4, -0.2) is 22.7 Å². The first kappa shape index (κ1) is 21.9. The molecule has 0 aromatic rings. The normalized spacial score (nSPS) is 44.5. The Balaban J connectivity index is 1.63. The second-order valence-corrected chi connectivity index (χ2v) is 11.4. The first-order valence-electron chi connectivity index (χ1n) is 12.1. The van der Waals surface area contributed by atoms with E-state index in [0.29, 0.717) is 11.8 Å². The zero-order chi connectivity index (χ0) is 21.7. The molecule has 0 spiro atoms. The molecule has 3 saturated carbocycles. The highest BCUT2D eigenvalue weighted by molar-refractivity contribution is 5.87. The molecule has 4 aliphatic carbocycles. The lowest BCUT2D eigenvalue weighted by Crippen LogP contribution is -2.57. The molecular weight excluding hydrogens is 370 g/mol. The second kappa shape index (κ2) is 7.65. The molecule has 3 nitrogen and oxygen atoms in total. The molecule has 0 aliphatic heterocycles. The van der Waals surface area contributed by atoms with Crippen LogP contribution in [-0.2, 0) is 4.79 Å². The maximum Gasteiger partial charge on any atom is 0.243 e. The average Bonchev–Trinajstić information content (AvgIpc) is 3.06. The first-order valence-corrected chi connectivity index (χ1v) is 12.1. The Morgan fingerprint density at radius 3 is 2.70 bits per heavy atom. The van der Waals surface area contributed by atoms with Crippen molar-refractivity contribution in [3.63, 3.8) is 0 Å². The van der Waals surface area contributed by atoms with Crippen LogP contribution < -0.4 is 5.32 Å². The Kier molecular flexibility index (Phi) is 5.58. The van der Waals surface area contributed by atoms with Gasteiger partial charge in [-0.15, -0.1) is 6.58 Å². The molecule has 0 aromatic carbocycles. The summed E-state index contributed by atoms with van der Waals surface area (Å²) in [6, 6.07) is 0. The van der Waals surface area contributed by atoms with E-state index in [9.17, 15) is 9.90 Å². The molecule has 0 bridgehead atoms. The SMILES string of the molecule is C=CC[C@@](C)(NC(=O)C=C)[C@H]1CC[C@H]2[C@@H]3CC=C4C[C@@H](O)CC[C@]4(C)[C@H]3CC[C@@]21C. The molecule has 0 heterocycles. The molecule has 166 valence electrons. The summed E-state index contributed by atoms with van der Waals surface area (Å²) in [5.74, 6) is 2.59. The lowest BCUT2D eigenvalue weighted by molar-refractivity contribution is -0.120. The number of carbonyl (C=O) groups excluding carboxylic acids is 1. The highest BCUT2D eigenvalue weighted by Crippen LogP contribution is 2.67. The number of amides is 1. The minimum atomic E-state index is -0.266. The minimum Gasteiger partial charge on any atom is -0.393 e. The quantitative estimate of drug-likeness (QED) is 0.459. The number of hydrogen-bond donors (Lipinski definition) is 2. The summed E-state index contributed by atoms with van der Waals surface area (Å²) in [4.78, 5) is 12.3. The summed E-state index contributed by atoms with van der Waals surface area (Å²) in [7, 11) is 0. The van der Waals surface area contributed by atoms with Crippen LogP contribution in [0.3, 0.4) is 0 Å². The zero-order valence-electron chi connectivity index (χ0n) is 19.3. The predicted molar refractivity (Wildman–Crippen MR) is 123 cm³/mol. The summed E-state index contributed by atoms with van der Waals surface area (Å²) in [5, 5.41) is 13.5. The standard InChI is InChI=1S/C27H41NO2/c1-6-14-27(5,28-24(30)7-2)23-11-10-21-20-9-8-18-17-19(29)12-15-25(18,3)22(20)13-16-26(21,23)4/h6-8,19-23,29H,1-2,9-17H2,3-5H3,(H,28,30)/t19-,20-,21-,22-,23-,25-,26-,27+/m0/s1. The smallest absolute Gasteiger partial charge is 0.243 e. The zero-order valence-corrected chi connectivity index (χ0v) is 19.3. The van der Waals surface area contributed by atoms with Crippen LogP contribution in [0, 0.1) is 34.5 Å². The monoisotopic (exact) mass is 411 g/mol. The van der Waals surface area contributed by atoms with Crippen molar-refractivity contribution in [2.75, 3.05) is 0 Å². The Morgan fingerprint density at radius 1 is 1.23 bits per heavy atom. The summed E-state index contributed by atoms with van der Waals surface area (Å²) in [5.41, 5.74) is 1.81. The van der Waals surface area contributed by atoms with Crippen LogP contribution >= 0.6 is 0 Å². The van der Waals surface area contributed by atoms with E-state index in [4.69, 9.17) is 0 Å². The largest absolute Gasteiger partial charge is 0.393 e. The molecule has 0 aromatic heterocycles. The molecule has 3 fully saturated rings. The molecule has 1 amide bonds. The summed E-state index contributed by atoms with van der Waals surface area (Å²) < 4.78 is 0. The molecule has 8 atom stereocenters. The van der Waals surface area contributed by atoms with Gasteiger partial charge in [0.05, 0.1) is 6.10 Å². The van der Waals surface area contributed by atoms with E-state index in [0.717, 1.165) is 37.5 Å². The molecule has 0 saturated heterocycles.